The first kappa shape index (κ1) is 10.1. The molecule has 2 aliphatic rings. The number of carbonyl (C=O) groups excluding carboxylic acids is 1. The Morgan fingerprint density at radius 3 is 2.88 bits per heavy atom. The maximum absolute atomic E-state index is 11.7. The van der Waals surface area contributed by atoms with Crippen LogP contribution in [0.25, 0.3) is 5.57 Å². The van der Waals surface area contributed by atoms with Crippen molar-refractivity contribution in [3.63, 3.8) is 0 Å². The summed E-state index contributed by atoms with van der Waals surface area (Å²) < 4.78 is 5.33. The molecule has 1 heterocycles. The van der Waals surface area contributed by atoms with Crippen LogP contribution in [-0.4, -0.2) is 20.1 Å². The second-order valence-corrected chi connectivity index (χ2v) is 4.48. The molecule has 0 N–H and O–H groups in total. The van der Waals surface area contributed by atoms with Crippen LogP contribution < -0.4 is 9.64 Å². The zero-order valence-electron chi connectivity index (χ0n) is 9.81. The van der Waals surface area contributed by atoms with Crippen LogP contribution in [0.2, 0.25) is 0 Å². The number of nitrogens with zero attached hydrogens (tertiary/aromatic N) is 1. The zero-order valence-corrected chi connectivity index (χ0v) is 9.81. The number of rotatable bonds is 1. The van der Waals surface area contributed by atoms with Crippen molar-refractivity contribution in [1.29, 1.82) is 0 Å². The maximum atomic E-state index is 11.7. The molecule has 1 unspecified atom stereocenters. The first-order valence-corrected chi connectivity index (χ1v) is 5.58. The Bertz CT molecular complexity index is 555. The summed E-state index contributed by atoms with van der Waals surface area (Å²) in [6.07, 6.45) is 5.78. The van der Waals surface area contributed by atoms with Crippen LogP contribution in [0, 0.1) is 5.92 Å². The minimum absolute atomic E-state index is 0.185. The van der Waals surface area contributed by atoms with Crippen LogP contribution >= 0.6 is 0 Å². The average Bonchev–Trinajstić information content (AvgIpc) is 2.78. The molecule has 0 fully saturated rings. The molecular formula is C14H13NO2. The van der Waals surface area contributed by atoms with E-state index in [1.54, 1.807) is 0 Å². The zero-order chi connectivity index (χ0) is 12.0. The van der Waals surface area contributed by atoms with E-state index in [1.165, 1.54) is 0 Å². The molecule has 0 saturated carbocycles. The number of esters is 1. The summed E-state index contributed by atoms with van der Waals surface area (Å²) in [4.78, 5) is 13.8. The fourth-order valence-corrected chi connectivity index (χ4v) is 2.22. The number of carbonyl (C=O) groups is 1. The van der Waals surface area contributed by atoms with Crippen molar-refractivity contribution in [2.75, 3.05) is 19.0 Å². The van der Waals surface area contributed by atoms with Gasteiger partial charge in [-0.15, -0.1) is 0 Å². The number of benzene rings is 1. The van der Waals surface area contributed by atoms with Gasteiger partial charge in [0.25, 0.3) is 0 Å². The molecule has 3 heteroatoms. The highest BCUT2D eigenvalue weighted by Gasteiger charge is 2.32. The number of anilines is 1. The fourth-order valence-electron chi connectivity index (χ4n) is 2.22. The van der Waals surface area contributed by atoms with Gasteiger partial charge in [0, 0.05) is 25.3 Å². The van der Waals surface area contributed by atoms with E-state index < -0.39 is 0 Å². The summed E-state index contributed by atoms with van der Waals surface area (Å²) in [5.41, 5.74) is 3.17. The number of ether oxygens (including phenoxy) is 1. The van der Waals surface area contributed by atoms with Crippen molar-refractivity contribution in [2.24, 2.45) is 5.92 Å². The minimum atomic E-state index is -0.222. The Morgan fingerprint density at radius 1 is 1.29 bits per heavy atom. The predicted octanol–water partition coefficient (Wildman–Crippen LogP) is 2.24. The molecule has 1 aliphatic carbocycles. The summed E-state index contributed by atoms with van der Waals surface area (Å²) >= 11 is 0. The van der Waals surface area contributed by atoms with Crippen molar-refractivity contribution >= 4 is 17.2 Å². The van der Waals surface area contributed by atoms with Crippen molar-refractivity contribution in [1.82, 2.24) is 0 Å². The third-order valence-corrected chi connectivity index (χ3v) is 3.17. The first-order valence-electron chi connectivity index (χ1n) is 5.58. The second kappa shape index (κ2) is 3.48. The van der Waals surface area contributed by atoms with Crippen LogP contribution in [0.5, 0.6) is 5.75 Å². The van der Waals surface area contributed by atoms with E-state index in [9.17, 15) is 4.79 Å². The van der Waals surface area contributed by atoms with Gasteiger partial charge < -0.3 is 9.64 Å². The van der Waals surface area contributed by atoms with E-state index >= 15 is 0 Å². The van der Waals surface area contributed by atoms with E-state index in [2.05, 4.69) is 6.07 Å². The molecule has 17 heavy (non-hydrogen) atoms. The molecule has 0 aromatic heterocycles. The molecule has 0 spiro atoms. The predicted molar refractivity (Wildman–Crippen MR) is 67.0 cm³/mol. The molecule has 86 valence electrons. The SMILES string of the molecule is CN(C)c1ccc2c(c1)C1=CC=CC1C(=O)O2. The minimum Gasteiger partial charge on any atom is -0.425 e. The van der Waals surface area contributed by atoms with Gasteiger partial charge in [-0.25, -0.2) is 0 Å². The molecule has 3 nitrogen and oxygen atoms in total. The van der Waals surface area contributed by atoms with Gasteiger partial charge in [0.05, 0.1) is 0 Å². The van der Waals surface area contributed by atoms with Crippen LogP contribution in [0.4, 0.5) is 5.69 Å². The lowest BCUT2D eigenvalue weighted by molar-refractivity contribution is -0.136. The summed E-state index contributed by atoms with van der Waals surface area (Å²) in [5.74, 6) is 0.252. The van der Waals surface area contributed by atoms with Crippen molar-refractivity contribution in [3.05, 3.63) is 42.0 Å². The van der Waals surface area contributed by atoms with E-state index in [-0.39, 0.29) is 11.9 Å². The van der Waals surface area contributed by atoms with E-state index in [0.717, 1.165) is 16.8 Å². The highest BCUT2D eigenvalue weighted by atomic mass is 16.5. The van der Waals surface area contributed by atoms with Crippen LogP contribution in [0.15, 0.2) is 36.4 Å². The fraction of sp³-hybridized carbons (Fsp3) is 0.214. The molecule has 1 aromatic rings. The number of fused-ring (bicyclic) bond motifs is 3. The summed E-state index contributed by atoms with van der Waals surface area (Å²) in [6.45, 7) is 0. The third-order valence-electron chi connectivity index (χ3n) is 3.17. The van der Waals surface area contributed by atoms with Gasteiger partial charge in [0.2, 0.25) is 0 Å². The van der Waals surface area contributed by atoms with E-state index in [1.807, 2.05) is 49.4 Å². The second-order valence-electron chi connectivity index (χ2n) is 4.48. The lowest BCUT2D eigenvalue weighted by atomic mass is 9.92. The van der Waals surface area contributed by atoms with Crippen LogP contribution in [0.1, 0.15) is 5.56 Å². The van der Waals surface area contributed by atoms with Gasteiger partial charge in [-0.05, 0) is 23.8 Å². The van der Waals surface area contributed by atoms with Crippen LogP contribution in [0.3, 0.4) is 0 Å². The smallest absolute Gasteiger partial charge is 0.322 e. The standard InChI is InChI=1S/C14H13NO2/c1-15(2)9-6-7-13-12(8-9)10-4-3-5-11(10)14(16)17-13/h3-8,11H,1-2H3. The van der Waals surface area contributed by atoms with E-state index in [4.69, 9.17) is 4.74 Å². The Labute approximate surface area is 100.0 Å². The van der Waals surface area contributed by atoms with Gasteiger partial charge in [0.1, 0.15) is 11.7 Å². The Kier molecular flexibility index (Phi) is 2.08. The average molecular weight is 227 g/mol. The third kappa shape index (κ3) is 1.46. The van der Waals surface area contributed by atoms with Gasteiger partial charge in [-0.1, -0.05) is 18.2 Å². The molecular weight excluding hydrogens is 214 g/mol. The largest absolute Gasteiger partial charge is 0.425 e. The Balaban J connectivity index is 2.14. The molecule has 0 saturated heterocycles. The Morgan fingerprint density at radius 2 is 2.12 bits per heavy atom. The highest BCUT2D eigenvalue weighted by molar-refractivity contribution is 5.99. The maximum Gasteiger partial charge on any atom is 0.322 e. The topological polar surface area (TPSA) is 29.5 Å². The molecule has 0 radical (unpaired) electrons. The van der Waals surface area contributed by atoms with Gasteiger partial charge in [-0.2, -0.15) is 0 Å². The molecule has 3 rings (SSSR count). The summed E-state index contributed by atoms with van der Waals surface area (Å²) in [5, 5.41) is 0. The normalized spacial score (nSPS) is 20.5. The molecule has 1 aromatic carbocycles. The molecule has 0 bridgehead atoms. The highest BCUT2D eigenvalue weighted by Crippen LogP contribution is 2.41. The number of hydrogen-bond donors (Lipinski definition) is 0. The molecule has 1 atom stereocenters. The summed E-state index contributed by atoms with van der Waals surface area (Å²) in [7, 11) is 3.99. The monoisotopic (exact) mass is 227 g/mol. The first-order chi connectivity index (χ1) is 8.16. The van der Waals surface area contributed by atoms with Gasteiger partial charge in [0.15, 0.2) is 0 Å². The molecule has 1 aliphatic heterocycles. The number of hydrogen-bond acceptors (Lipinski definition) is 3. The quantitative estimate of drug-likeness (QED) is 0.544. The summed E-state index contributed by atoms with van der Waals surface area (Å²) in [6, 6.07) is 5.88. The van der Waals surface area contributed by atoms with Gasteiger partial charge >= 0.3 is 5.97 Å². The lowest BCUT2D eigenvalue weighted by Gasteiger charge is -2.24. The molecule has 0 amide bonds. The van der Waals surface area contributed by atoms with Crippen molar-refractivity contribution < 1.29 is 9.53 Å². The van der Waals surface area contributed by atoms with Crippen molar-refractivity contribution in [2.45, 2.75) is 0 Å². The van der Waals surface area contributed by atoms with Gasteiger partial charge in [-0.3, -0.25) is 4.79 Å². The lowest BCUT2D eigenvalue weighted by Crippen LogP contribution is -2.24. The number of allylic oxidation sites excluding steroid dienone is 2. The Hall–Kier alpha value is -2.03. The van der Waals surface area contributed by atoms with Crippen molar-refractivity contribution in [3.8, 4) is 5.75 Å². The van der Waals surface area contributed by atoms with Crippen LogP contribution in [-0.2, 0) is 4.79 Å². The van der Waals surface area contributed by atoms with E-state index in [0.29, 0.717) is 5.75 Å².